The molecule has 12 nitrogen and oxygen atoms in total. The summed E-state index contributed by atoms with van der Waals surface area (Å²) in [4.78, 5) is 61.7. The monoisotopic (exact) mass is 521 g/mol. The van der Waals surface area contributed by atoms with E-state index in [1.165, 1.54) is 12.1 Å². The number of nitrogens with one attached hydrogen (secondary N) is 3. The molecule has 1 aromatic carbocycles. The molecule has 12 heteroatoms. The number of carbonyl (C=O) groups excluding carboxylic acids is 4. The zero-order chi connectivity index (χ0) is 28.3. The molecule has 1 rings (SSSR count). The highest BCUT2D eigenvalue weighted by Gasteiger charge is 2.32. The summed E-state index contributed by atoms with van der Waals surface area (Å²) in [6, 6.07) is 1.31. The summed E-state index contributed by atoms with van der Waals surface area (Å²) in [5.74, 6) is -4.50. The third-order valence-corrected chi connectivity index (χ3v) is 5.88. The SMILES string of the molecule is CCC(C)C(NC(=O)C(Cc1ccc(O)cc1)NC(=O)C(CC(C)C)NC(=O)C(N)CC(N)=O)C(=O)O. The van der Waals surface area contributed by atoms with Gasteiger partial charge in [-0.05, 0) is 36.0 Å². The molecule has 1 aromatic rings. The molecule has 206 valence electrons. The van der Waals surface area contributed by atoms with E-state index in [0.717, 1.165) is 0 Å². The molecule has 0 aromatic heterocycles. The van der Waals surface area contributed by atoms with E-state index in [1.807, 2.05) is 13.8 Å². The molecule has 0 aliphatic rings. The highest BCUT2D eigenvalue weighted by molar-refractivity contribution is 5.95. The van der Waals surface area contributed by atoms with Crippen LogP contribution in [0.2, 0.25) is 0 Å². The van der Waals surface area contributed by atoms with Crippen molar-refractivity contribution in [2.75, 3.05) is 0 Å². The van der Waals surface area contributed by atoms with Gasteiger partial charge in [-0.2, -0.15) is 0 Å². The Kier molecular flexibility index (Phi) is 12.5. The molecular formula is C25H39N5O7. The number of carboxylic acids is 1. The number of benzene rings is 1. The average molecular weight is 522 g/mol. The van der Waals surface area contributed by atoms with E-state index in [1.54, 1.807) is 26.0 Å². The Bertz CT molecular complexity index is 951. The maximum absolute atomic E-state index is 13.2. The van der Waals surface area contributed by atoms with Crippen LogP contribution in [-0.4, -0.2) is 64.0 Å². The summed E-state index contributed by atoms with van der Waals surface area (Å²) in [6.45, 7) is 7.15. The highest BCUT2D eigenvalue weighted by Crippen LogP contribution is 2.14. The molecule has 37 heavy (non-hydrogen) atoms. The van der Waals surface area contributed by atoms with Crippen LogP contribution in [0, 0.1) is 11.8 Å². The number of phenolic OH excluding ortho intramolecular Hbond substituents is 1. The van der Waals surface area contributed by atoms with Crippen molar-refractivity contribution in [1.82, 2.24) is 16.0 Å². The zero-order valence-electron chi connectivity index (χ0n) is 21.7. The molecule has 0 bridgehead atoms. The quantitative estimate of drug-likeness (QED) is 0.163. The molecule has 0 saturated carbocycles. The summed E-state index contributed by atoms with van der Waals surface area (Å²) in [5, 5.41) is 26.8. The normalized spacial score (nSPS) is 15.1. The van der Waals surface area contributed by atoms with E-state index in [9.17, 15) is 34.2 Å². The first-order valence-corrected chi connectivity index (χ1v) is 12.2. The lowest BCUT2D eigenvalue weighted by Crippen LogP contribution is -2.58. The Morgan fingerprint density at radius 1 is 0.892 bits per heavy atom. The van der Waals surface area contributed by atoms with Crippen LogP contribution in [0.1, 0.15) is 52.5 Å². The second-order valence-electron chi connectivity index (χ2n) is 9.61. The average Bonchev–Trinajstić information content (AvgIpc) is 2.81. The number of nitrogens with two attached hydrogens (primary N) is 2. The minimum absolute atomic E-state index is 0.00572. The second kappa shape index (κ2) is 14.8. The van der Waals surface area contributed by atoms with E-state index in [4.69, 9.17) is 11.5 Å². The number of amides is 4. The molecule has 0 spiro atoms. The van der Waals surface area contributed by atoms with Crippen molar-refractivity contribution < 1.29 is 34.2 Å². The van der Waals surface area contributed by atoms with Crippen LogP contribution in [0.15, 0.2) is 24.3 Å². The van der Waals surface area contributed by atoms with Crippen molar-refractivity contribution in [2.24, 2.45) is 23.3 Å². The predicted octanol–water partition coefficient (Wildman–Crippen LogP) is -0.231. The van der Waals surface area contributed by atoms with Gasteiger partial charge in [0.1, 0.15) is 23.9 Å². The highest BCUT2D eigenvalue weighted by atomic mass is 16.4. The Morgan fingerprint density at radius 3 is 1.92 bits per heavy atom. The first-order valence-electron chi connectivity index (χ1n) is 12.2. The Morgan fingerprint density at radius 2 is 1.43 bits per heavy atom. The maximum Gasteiger partial charge on any atom is 0.326 e. The number of aliphatic carboxylic acids is 1. The fourth-order valence-electron chi connectivity index (χ4n) is 3.58. The van der Waals surface area contributed by atoms with Gasteiger partial charge < -0.3 is 37.6 Å². The van der Waals surface area contributed by atoms with Gasteiger partial charge in [-0.1, -0.05) is 46.2 Å². The lowest BCUT2D eigenvalue weighted by Gasteiger charge is -2.27. The standard InChI is InChI=1S/C25H39N5O7/c1-5-14(4)21(25(36)37)30-24(35)19(11-15-6-8-16(31)9-7-15)29-23(34)18(10-13(2)3)28-22(33)17(26)12-20(27)32/h6-9,13-14,17-19,21,31H,5,10-12,26H2,1-4H3,(H2,27,32)(H,28,33)(H,29,34)(H,30,35)(H,36,37). The smallest absolute Gasteiger partial charge is 0.326 e. The molecule has 0 aliphatic heterocycles. The third kappa shape index (κ3) is 10.9. The fourth-order valence-corrected chi connectivity index (χ4v) is 3.58. The van der Waals surface area contributed by atoms with Gasteiger partial charge in [0.2, 0.25) is 23.6 Å². The van der Waals surface area contributed by atoms with Gasteiger partial charge >= 0.3 is 5.97 Å². The molecule has 5 unspecified atom stereocenters. The van der Waals surface area contributed by atoms with Gasteiger partial charge in [0.05, 0.1) is 12.5 Å². The van der Waals surface area contributed by atoms with Gasteiger partial charge in [-0.3, -0.25) is 19.2 Å². The van der Waals surface area contributed by atoms with Gasteiger partial charge in [0.15, 0.2) is 0 Å². The predicted molar refractivity (Wildman–Crippen MR) is 136 cm³/mol. The van der Waals surface area contributed by atoms with Crippen molar-refractivity contribution in [3.05, 3.63) is 29.8 Å². The van der Waals surface area contributed by atoms with Crippen LogP contribution in [0.5, 0.6) is 5.75 Å². The number of carboxylic acid groups (broad SMARTS) is 1. The number of carbonyl (C=O) groups is 5. The first-order chi connectivity index (χ1) is 17.2. The molecule has 0 aliphatic carbocycles. The number of rotatable bonds is 15. The molecular weight excluding hydrogens is 482 g/mol. The van der Waals surface area contributed by atoms with E-state index < -0.39 is 60.2 Å². The lowest BCUT2D eigenvalue weighted by atomic mass is 9.97. The van der Waals surface area contributed by atoms with E-state index in [0.29, 0.717) is 12.0 Å². The minimum atomic E-state index is -1.25. The van der Waals surface area contributed by atoms with Gasteiger partial charge in [0, 0.05) is 6.42 Å². The fraction of sp³-hybridized carbons (Fsp3) is 0.560. The van der Waals surface area contributed by atoms with E-state index in [-0.39, 0.29) is 30.4 Å². The molecule has 9 N–H and O–H groups in total. The van der Waals surface area contributed by atoms with Crippen LogP contribution >= 0.6 is 0 Å². The van der Waals surface area contributed by atoms with Crippen LogP contribution < -0.4 is 27.4 Å². The molecule has 5 atom stereocenters. The first kappa shape index (κ1) is 31.4. The van der Waals surface area contributed by atoms with Crippen molar-refractivity contribution in [2.45, 2.75) is 77.5 Å². The summed E-state index contributed by atoms with van der Waals surface area (Å²) >= 11 is 0. The topological polar surface area (TPSA) is 214 Å². The van der Waals surface area contributed by atoms with Crippen LogP contribution in [0.3, 0.4) is 0 Å². The number of hydrogen-bond acceptors (Lipinski definition) is 7. The van der Waals surface area contributed by atoms with Crippen molar-refractivity contribution >= 4 is 29.6 Å². The third-order valence-electron chi connectivity index (χ3n) is 5.88. The summed E-state index contributed by atoms with van der Waals surface area (Å²) < 4.78 is 0. The Hall–Kier alpha value is -3.67. The number of primary amides is 1. The molecule has 4 amide bonds. The molecule has 0 heterocycles. The van der Waals surface area contributed by atoms with Gasteiger partial charge in [-0.15, -0.1) is 0 Å². The second-order valence-corrected chi connectivity index (χ2v) is 9.61. The molecule has 0 radical (unpaired) electrons. The number of hydrogen-bond donors (Lipinski definition) is 7. The number of phenols is 1. The number of aromatic hydroxyl groups is 1. The summed E-state index contributed by atoms with van der Waals surface area (Å²) in [7, 11) is 0. The van der Waals surface area contributed by atoms with Crippen LogP contribution in [0.25, 0.3) is 0 Å². The minimum Gasteiger partial charge on any atom is -0.508 e. The van der Waals surface area contributed by atoms with Crippen LogP contribution in [-0.2, 0) is 30.4 Å². The zero-order valence-corrected chi connectivity index (χ0v) is 21.7. The van der Waals surface area contributed by atoms with Crippen molar-refractivity contribution in [1.29, 1.82) is 0 Å². The molecule has 0 fully saturated rings. The van der Waals surface area contributed by atoms with Crippen molar-refractivity contribution in [3.8, 4) is 5.75 Å². The Labute approximate surface area is 216 Å². The Balaban J connectivity index is 3.19. The lowest BCUT2D eigenvalue weighted by molar-refractivity contribution is -0.143. The van der Waals surface area contributed by atoms with Gasteiger partial charge in [-0.25, -0.2) is 4.79 Å². The summed E-state index contributed by atoms with van der Waals surface area (Å²) in [6.07, 6.45) is 0.299. The van der Waals surface area contributed by atoms with E-state index >= 15 is 0 Å². The van der Waals surface area contributed by atoms with Gasteiger partial charge in [0.25, 0.3) is 0 Å². The molecule has 0 saturated heterocycles. The van der Waals surface area contributed by atoms with Crippen LogP contribution in [0.4, 0.5) is 0 Å². The maximum atomic E-state index is 13.2. The van der Waals surface area contributed by atoms with Crippen molar-refractivity contribution in [3.63, 3.8) is 0 Å². The largest absolute Gasteiger partial charge is 0.508 e. The van der Waals surface area contributed by atoms with E-state index in [2.05, 4.69) is 16.0 Å². The summed E-state index contributed by atoms with van der Waals surface area (Å²) in [5.41, 5.74) is 11.4.